The molecule has 0 radical (unpaired) electrons. The number of ketones is 1. The number of carbonyl (C=O) groups is 2. The molecule has 7 heteroatoms. The van der Waals surface area contributed by atoms with E-state index in [0.717, 1.165) is 22.6 Å². The lowest BCUT2D eigenvalue weighted by Gasteiger charge is -2.37. The molecule has 2 aliphatic rings. The number of nitrogens with one attached hydrogen (secondary N) is 1. The molecule has 0 saturated carbocycles. The highest BCUT2D eigenvalue weighted by atomic mass is 35.5. The third-order valence-electron chi connectivity index (χ3n) is 6.52. The number of rotatable bonds is 8. The van der Waals surface area contributed by atoms with Crippen molar-refractivity contribution >= 4 is 23.4 Å². The van der Waals surface area contributed by atoms with Crippen LogP contribution in [0.25, 0.3) is 0 Å². The second-order valence-corrected chi connectivity index (χ2v) is 9.05. The number of halogens is 1. The van der Waals surface area contributed by atoms with Crippen LogP contribution in [-0.2, 0) is 19.1 Å². The van der Waals surface area contributed by atoms with E-state index in [1.54, 1.807) is 13.2 Å². The third kappa shape index (κ3) is 5.29. The minimum absolute atomic E-state index is 0.00314. The molecule has 0 spiro atoms. The van der Waals surface area contributed by atoms with Gasteiger partial charge in [0.2, 0.25) is 0 Å². The number of hydrogen-bond acceptors (Lipinski definition) is 6. The van der Waals surface area contributed by atoms with Crippen molar-refractivity contribution in [2.24, 2.45) is 0 Å². The van der Waals surface area contributed by atoms with Gasteiger partial charge in [-0.15, -0.1) is 0 Å². The second kappa shape index (κ2) is 11.1. The molecule has 1 aliphatic heterocycles. The number of Topliss-reactive ketones (excluding diaryl/α,β-unsaturated/α-hetero) is 1. The van der Waals surface area contributed by atoms with Crippen LogP contribution >= 0.6 is 11.6 Å². The summed E-state index contributed by atoms with van der Waals surface area (Å²) in [6, 6.07) is 15.2. The summed E-state index contributed by atoms with van der Waals surface area (Å²) in [5.74, 6) is -0.271. The molecule has 2 unspecified atom stereocenters. The number of hydrogen-bond donors (Lipinski definition) is 1. The van der Waals surface area contributed by atoms with Gasteiger partial charge in [0.05, 0.1) is 19.3 Å². The van der Waals surface area contributed by atoms with Gasteiger partial charge in [-0.1, -0.05) is 41.9 Å². The van der Waals surface area contributed by atoms with Crippen molar-refractivity contribution in [1.29, 1.82) is 0 Å². The predicted molar refractivity (Wildman–Crippen MR) is 134 cm³/mol. The molecule has 1 N–H and O–H groups in total. The minimum atomic E-state index is -0.594. The van der Waals surface area contributed by atoms with Crippen molar-refractivity contribution in [2.45, 2.75) is 38.5 Å². The summed E-state index contributed by atoms with van der Waals surface area (Å²) in [6.45, 7) is 4.72. The zero-order valence-corrected chi connectivity index (χ0v) is 21.0. The first-order valence-electron chi connectivity index (χ1n) is 11.8. The Hall–Kier alpha value is -3.09. The molecule has 0 amide bonds. The van der Waals surface area contributed by atoms with Crippen molar-refractivity contribution in [3.8, 4) is 5.75 Å². The van der Waals surface area contributed by atoms with E-state index in [4.69, 9.17) is 25.8 Å². The first-order chi connectivity index (χ1) is 16.9. The third-order valence-corrected chi connectivity index (χ3v) is 6.86. The summed E-state index contributed by atoms with van der Waals surface area (Å²) in [4.78, 5) is 26.9. The summed E-state index contributed by atoms with van der Waals surface area (Å²) in [6.07, 6.45) is 0.998. The van der Waals surface area contributed by atoms with Crippen molar-refractivity contribution in [2.75, 3.05) is 26.9 Å². The molecule has 35 heavy (non-hydrogen) atoms. The normalized spacial score (nSPS) is 19.8. The molecule has 0 fully saturated rings. The summed E-state index contributed by atoms with van der Waals surface area (Å²) < 4.78 is 16.1. The average Bonchev–Trinajstić information content (AvgIpc) is 2.86. The van der Waals surface area contributed by atoms with E-state index in [0.29, 0.717) is 47.9 Å². The van der Waals surface area contributed by atoms with E-state index in [1.807, 2.05) is 56.3 Å². The molecular weight excluding hydrogens is 466 g/mol. The molecule has 2 atom stereocenters. The van der Waals surface area contributed by atoms with Crippen LogP contribution in [-0.4, -0.2) is 38.7 Å². The molecule has 4 rings (SSSR count). The van der Waals surface area contributed by atoms with E-state index in [9.17, 15) is 9.59 Å². The van der Waals surface area contributed by atoms with Gasteiger partial charge in [0.25, 0.3) is 0 Å². The van der Waals surface area contributed by atoms with E-state index in [1.165, 1.54) is 0 Å². The molecule has 0 saturated heterocycles. The number of esters is 1. The van der Waals surface area contributed by atoms with Gasteiger partial charge in [-0.3, -0.25) is 4.79 Å². The first kappa shape index (κ1) is 25.0. The van der Waals surface area contributed by atoms with Gasteiger partial charge >= 0.3 is 5.97 Å². The van der Waals surface area contributed by atoms with Crippen LogP contribution in [0.4, 0.5) is 0 Å². The van der Waals surface area contributed by atoms with Gasteiger partial charge in [-0.2, -0.15) is 0 Å². The molecule has 6 nitrogen and oxygen atoms in total. The lowest BCUT2D eigenvalue weighted by Crippen LogP contribution is -2.36. The van der Waals surface area contributed by atoms with Crippen LogP contribution in [0.1, 0.15) is 49.7 Å². The lowest BCUT2D eigenvalue weighted by atomic mass is 9.71. The maximum absolute atomic E-state index is 13.6. The summed E-state index contributed by atoms with van der Waals surface area (Å²) in [5.41, 5.74) is 4.28. The van der Waals surface area contributed by atoms with Crippen LogP contribution in [0.3, 0.4) is 0 Å². The topological polar surface area (TPSA) is 73.9 Å². The van der Waals surface area contributed by atoms with Crippen molar-refractivity contribution < 1.29 is 23.8 Å². The number of ether oxygens (including phenoxy) is 3. The standard InChI is InChI=1S/C28H30ClNO5/c1-4-34-13-14-35-28(32)25-17(2)30-23-15-19(18-9-11-20(33-3)12-10-18)16-24(31)27(23)26(25)21-7-5-6-8-22(21)29/h5-12,19,26,30H,4,13-16H2,1-3H3. The van der Waals surface area contributed by atoms with Crippen molar-refractivity contribution in [1.82, 2.24) is 5.32 Å². The lowest BCUT2D eigenvalue weighted by molar-refractivity contribution is -0.140. The summed E-state index contributed by atoms with van der Waals surface area (Å²) >= 11 is 6.59. The first-order valence-corrected chi connectivity index (χ1v) is 12.2. The van der Waals surface area contributed by atoms with Crippen LogP contribution in [0, 0.1) is 0 Å². The van der Waals surface area contributed by atoms with Gasteiger partial charge in [0.1, 0.15) is 12.4 Å². The average molecular weight is 496 g/mol. The smallest absolute Gasteiger partial charge is 0.336 e. The predicted octanol–water partition coefficient (Wildman–Crippen LogP) is 5.29. The quantitative estimate of drug-likeness (QED) is 0.396. The zero-order valence-electron chi connectivity index (χ0n) is 20.2. The van der Waals surface area contributed by atoms with Crippen LogP contribution < -0.4 is 10.1 Å². The zero-order chi connectivity index (χ0) is 24.9. The fourth-order valence-electron chi connectivity index (χ4n) is 4.86. The molecule has 1 heterocycles. The van der Waals surface area contributed by atoms with Crippen LogP contribution in [0.15, 0.2) is 71.1 Å². The highest BCUT2D eigenvalue weighted by Gasteiger charge is 2.42. The summed E-state index contributed by atoms with van der Waals surface area (Å²) in [7, 11) is 1.63. The Labute approximate surface area is 210 Å². The van der Waals surface area contributed by atoms with E-state index >= 15 is 0 Å². The van der Waals surface area contributed by atoms with Crippen LogP contribution in [0.2, 0.25) is 5.02 Å². The van der Waals surface area contributed by atoms with E-state index in [-0.39, 0.29) is 18.3 Å². The maximum Gasteiger partial charge on any atom is 0.336 e. The molecule has 2 aromatic rings. The Morgan fingerprint density at radius 1 is 1.09 bits per heavy atom. The van der Waals surface area contributed by atoms with Gasteiger partial charge in [-0.25, -0.2) is 4.79 Å². The number of benzene rings is 2. The Bertz CT molecular complexity index is 1170. The van der Waals surface area contributed by atoms with Crippen molar-refractivity contribution in [3.05, 3.63) is 87.2 Å². The molecule has 2 aromatic carbocycles. The van der Waals surface area contributed by atoms with Crippen molar-refractivity contribution in [3.63, 3.8) is 0 Å². The van der Waals surface area contributed by atoms with Crippen LogP contribution in [0.5, 0.6) is 5.75 Å². The Balaban J connectivity index is 1.70. The maximum atomic E-state index is 13.6. The SMILES string of the molecule is CCOCCOC(=O)C1=C(C)NC2=C(C(=O)CC(c3ccc(OC)cc3)C2)C1c1ccccc1Cl. The fraction of sp³-hybridized carbons (Fsp3) is 0.357. The molecule has 184 valence electrons. The largest absolute Gasteiger partial charge is 0.497 e. The van der Waals surface area contributed by atoms with Gasteiger partial charge < -0.3 is 19.5 Å². The van der Waals surface area contributed by atoms with Gasteiger partial charge in [-0.05, 0) is 55.5 Å². The molecule has 1 aliphatic carbocycles. The van der Waals surface area contributed by atoms with E-state index in [2.05, 4.69) is 5.32 Å². The Morgan fingerprint density at radius 2 is 1.83 bits per heavy atom. The number of dihydropyridines is 1. The Kier molecular flexibility index (Phi) is 7.93. The molecule has 0 bridgehead atoms. The summed E-state index contributed by atoms with van der Waals surface area (Å²) in [5, 5.41) is 3.86. The Morgan fingerprint density at radius 3 is 2.51 bits per heavy atom. The number of allylic oxidation sites excluding steroid dienone is 3. The number of methoxy groups -OCH3 is 1. The minimum Gasteiger partial charge on any atom is -0.497 e. The second-order valence-electron chi connectivity index (χ2n) is 8.64. The highest BCUT2D eigenvalue weighted by Crippen LogP contribution is 2.47. The molecule has 0 aromatic heterocycles. The molecular formula is C28H30ClNO5. The van der Waals surface area contributed by atoms with Gasteiger partial charge in [0.15, 0.2) is 5.78 Å². The highest BCUT2D eigenvalue weighted by molar-refractivity contribution is 6.31. The monoisotopic (exact) mass is 495 g/mol. The fourth-order valence-corrected chi connectivity index (χ4v) is 5.10. The van der Waals surface area contributed by atoms with Gasteiger partial charge in [0, 0.05) is 40.9 Å². The van der Waals surface area contributed by atoms with E-state index < -0.39 is 11.9 Å². The number of carbonyl (C=O) groups excluding carboxylic acids is 2.